The molecule has 1 aliphatic heterocycles. The van der Waals surface area contributed by atoms with Crippen molar-refractivity contribution in [2.24, 2.45) is 5.73 Å². The fraction of sp³-hybridized carbons (Fsp3) is 0.562. The maximum absolute atomic E-state index is 13.0. The molecule has 23 heavy (non-hydrogen) atoms. The van der Waals surface area contributed by atoms with Crippen molar-refractivity contribution in [3.05, 3.63) is 35.4 Å². The molecule has 128 valence electrons. The molecule has 0 radical (unpaired) electrons. The number of nitrogens with one attached hydrogen (secondary N) is 1. The third-order valence-corrected chi connectivity index (χ3v) is 4.43. The molecular weight excluding hydrogens is 309 g/mol. The summed E-state index contributed by atoms with van der Waals surface area (Å²) in [5.74, 6) is -0.490. The average molecular weight is 330 g/mol. The number of primary amides is 1. The van der Waals surface area contributed by atoms with Crippen LogP contribution in [0.3, 0.4) is 0 Å². The van der Waals surface area contributed by atoms with Crippen molar-refractivity contribution in [2.45, 2.75) is 37.4 Å². The second kappa shape index (κ2) is 6.88. The summed E-state index contributed by atoms with van der Waals surface area (Å²) in [6.45, 7) is 2.97. The monoisotopic (exact) mass is 330 g/mol. The largest absolute Gasteiger partial charge is 0.416 e. The molecule has 1 amide bonds. The molecule has 0 spiro atoms. The van der Waals surface area contributed by atoms with Crippen LogP contribution < -0.4 is 11.1 Å². The number of halogens is 3. The first-order chi connectivity index (χ1) is 10.7. The number of carbonyl (C=O) groups is 1. The van der Waals surface area contributed by atoms with Crippen molar-refractivity contribution in [3.8, 4) is 0 Å². The molecule has 1 fully saturated rings. The van der Waals surface area contributed by atoms with Gasteiger partial charge in [-0.3, -0.25) is 4.79 Å². The zero-order chi connectivity index (χ0) is 17.1. The van der Waals surface area contributed by atoms with Crippen LogP contribution in [0.4, 0.5) is 13.2 Å². The third kappa shape index (κ3) is 4.23. The van der Waals surface area contributed by atoms with Crippen LogP contribution in [0, 0.1) is 0 Å². The highest BCUT2D eigenvalue weighted by Gasteiger charge is 2.37. The van der Waals surface area contributed by atoms with Gasteiger partial charge in [0, 0.05) is 25.2 Å². The zero-order valence-electron chi connectivity index (χ0n) is 13.0. The van der Waals surface area contributed by atoms with Crippen molar-refractivity contribution >= 4 is 5.91 Å². The molecule has 1 saturated heterocycles. The Hall–Kier alpha value is -1.60. The molecule has 1 heterocycles. The summed E-state index contributed by atoms with van der Waals surface area (Å²) in [4.78, 5) is 11.2. The summed E-state index contributed by atoms with van der Waals surface area (Å²) < 4.78 is 44.3. The zero-order valence-corrected chi connectivity index (χ0v) is 13.0. The van der Waals surface area contributed by atoms with Gasteiger partial charge >= 0.3 is 6.18 Å². The quantitative estimate of drug-likeness (QED) is 0.870. The molecule has 3 N–H and O–H groups in total. The molecule has 0 saturated carbocycles. The smallest absolute Gasteiger partial charge is 0.381 e. The molecule has 1 unspecified atom stereocenters. The van der Waals surface area contributed by atoms with Crippen molar-refractivity contribution in [3.63, 3.8) is 0 Å². The molecule has 1 aliphatic rings. The Labute approximate surface area is 133 Å². The Morgan fingerprint density at radius 2 is 2.04 bits per heavy atom. The minimum Gasteiger partial charge on any atom is -0.381 e. The van der Waals surface area contributed by atoms with Crippen LogP contribution in [-0.4, -0.2) is 31.7 Å². The molecule has 2 rings (SSSR count). The van der Waals surface area contributed by atoms with E-state index in [0.717, 1.165) is 6.07 Å². The summed E-state index contributed by atoms with van der Waals surface area (Å²) in [6, 6.07) is 4.85. The molecule has 1 aromatic carbocycles. The van der Waals surface area contributed by atoms with Crippen molar-refractivity contribution in [2.75, 3.05) is 19.8 Å². The number of nitrogens with two attached hydrogens (primary N) is 1. The first-order valence-corrected chi connectivity index (χ1v) is 7.53. The van der Waals surface area contributed by atoms with Crippen LogP contribution in [0.25, 0.3) is 0 Å². The van der Waals surface area contributed by atoms with E-state index in [2.05, 4.69) is 5.32 Å². The van der Waals surface area contributed by atoms with E-state index >= 15 is 0 Å². The van der Waals surface area contributed by atoms with Crippen LogP contribution in [0.1, 0.15) is 30.9 Å². The van der Waals surface area contributed by atoms with E-state index in [0.29, 0.717) is 38.2 Å². The van der Waals surface area contributed by atoms with Crippen LogP contribution >= 0.6 is 0 Å². The first kappa shape index (κ1) is 17.7. The van der Waals surface area contributed by atoms with E-state index in [4.69, 9.17) is 10.5 Å². The van der Waals surface area contributed by atoms with Gasteiger partial charge in [-0.1, -0.05) is 18.2 Å². The SMILES string of the molecule is CC(NCC1(c2cccc(C(F)(F)F)c2)CCOCC1)C(N)=O. The number of rotatable bonds is 5. The van der Waals surface area contributed by atoms with Gasteiger partial charge in [-0.2, -0.15) is 13.2 Å². The van der Waals surface area contributed by atoms with Gasteiger partial charge in [0.05, 0.1) is 11.6 Å². The van der Waals surface area contributed by atoms with E-state index in [9.17, 15) is 18.0 Å². The number of hydrogen-bond donors (Lipinski definition) is 2. The number of amides is 1. The number of alkyl halides is 3. The van der Waals surface area contributed by atoms with E-state index in [-0.39, 0.29) is 0 Å². The van der Waals surface area contributed by atoms with Crippen molar-refractivity contribution in [1.29, 1.82) is 0 Å². The predicted octanol–water partition coefficient (Wildman–Crippen LogP) is 2.22. The van der Waals surface area contributed by atoms with Gasteiger partial charge < -0.3 is 15.8 Å². The fourth-order valence-corrected chi connectivity index (χ4v) is 2.80. The molecule has 1 aromatic rings. The Balaban J connectivity index is 2.29. The van der Waals surface area contributed by atoms with E-state index in [1.54, 1.807) is 13.0 Å². The lowest BCUT2D eigenvalue weighted by Crippen LogP contribution is -2.48. The van der Waals surface area contributed by atoms with Gasteiger partial charge in [0.15, 0.2) is 0 Å². The molecule has 0 aromatic heterocycles. The molecular formula is C16H21F3N2O2. The Bertz CT molecular complexity index is 555. The van der Waals surface area contributed by atoms with Crippen LogP contribution in [-0.2, 0) is 21.1 Å². The summed E-state index contributed by atoms with van der Waals surface area (Å²) in [5, 5.41) is 3.04. The van der Waals surface area contributed by atoms with E-state index in [1.807, 2.05) is 0 Å². The number of carbonyl (C=O) groups excluding carboxylic acids is 1. The molecule has 7 heteroatoms. The number of benzene rings is 1. The maximum Gasteiger partial charge on any atom is 0.416 e. The van der Waals surface area contributed by atoms with Gasteiger partial charge in [0.2, 0.25) is 5.91 Å². The lowest BCUT2D eigenvalue weighted by atomic mass is 9.73. The fourth-order valence-electron chi connectivity index (χ4n) is 2.80. The van der Waals surface area contributed by atoms with Crippen LogP contribution in [0.2, 0.25) is 0 Å². The standard InChI is InChI=1S/C16H21F3N2O2/c1-11(14(20)22)21-10-15(5-7-23-8-6-15)12-3-2-4-13(9-12)16(17,18)19/h2-4,9,11,21H,5-8,10H2,1H3,(H2,20,22). The second-order valence-electron chi connectivity index (χ2n) is 5.98. The topological polar surface area (TPSA) is 64.3 Å². The number of hydrogen-bond acceptors (Lipinski definition) is 3. The molecule has 1 atom stereocenters. The molecule has 0 bridgehead atoms. The highest BCUT2D eigenvalue weighted by Crippen LogP contribution is 2.37. The van der Waals surface area contributed by atoms with Gasteiger partial charge in [-0.05, 0) is 31.4 Å². The predicted molar refractivity (Wildman–Crippen MR) is 79.8 cm³/mol. The average Bonchev–Trinajstić information content (AvgIpc) is 2.52. The Kier molecular flexibility index (Phi) is 5.31. The van der Waals surface area contributed by atoms with Crippen molar-refractivity contribution in [1.82, 2.24) is 5.32 Å². The minimum absolute atomic E-state index is 0.377. The normalized spacial score (nSPS) is 19.3. The summed E-state index contributed by atoms with van der Waals surface area (Å²) >= 11 is 0. The lowest BCUT2D eigenvalue weighted by molar-refractivity contribution is -0.137. The number of ether oxygens (including phenoxy) is 1. The molecule has 4 nitrogen and oxygen atoms in total. The minimum atomic E-state index is -4.38. The first-order valence-electron chi connectivity index (χ1n) is 7.53. The summed E-state index contributed by atoms with van der Waals surface area (Å²) in [5.41, 5.74) is 4.69. The van der Waals surface area contributed by atoms with Gasteiger partial charge in [0.1, 0.15) is 0 Å². The Morgan fingerprint density at radius 1 is 1.39 bits per heavy atom. The van der Waals surface area contributed by atoms with E-state index < -0.39 is 29.1 Å². The Morgan fingerprint density at radius 3 is 2.61 bits per heavy atom. The van der Waals surface area contributed by atoms with Gasteiger partial charge in [0.25, 0.3) is 0 Å². The maximum atomic E-state index is 13.0. The van der Waals surface area contributed by atoms with Gasteiger partial charge in [-0.25, -0.2) is 0 Å². The highest BCUT2D eigenvalue weighted by atomic mass is 19.4. The van der Waals surface area contributed by atoms with Crippen LogP contribution in [0.15, 0.2) is 24.3 Å². The van der Waals surface area contributed by atoms with E-state index in [1.165, 1.54) is 12.1 Å². The summed E-state index contributed by atoms with van der Waals surface area (Å²) in [6.07, 6.45) is -3.20. The van der Waals surface area contributed by atoms with Crippen LogP contribution in [0.5, 0.6) is 0 Å². The third-order valence-electron chi connectivity index (χ3n) is 4.43. The highest BCUT2D eigenvalue weighted by molar-refractivity contribution is 5.79. The summed E-state index contributed by atoms with van der Waals surface area (Å²) in [7, 11) is 0. The second-order valence-corrected chi connectivity index (χ2v) is 5.98. The lowest BCUT2D eigenvalue weighted by Gasteiger charge is -2.39. The van der Waals surface area contributed by atoms with Crippen molar-refractivity contribution < 1.29 is 22.7 Å². The van der Waals surface area contributed by atoms with Gasteiger partial charge in [-0.15, -0.1) is 0 Å². The molecule has 0 aliphatic carbocycles.